The molecule has 4 fully saturated rings. The van der Waals surface area contributed by atoms with Gasteiger partial charge in [-0.05, 0) is 44.4 Å². The Labute approximate surface area is 190 Å². The number of piperidine rings is 1. The number of anilines is 1. The minimum absolute atomic E-state index is 0.112. The molecule has 1 aliphatic carbocycles. The minimum Gasteiger partial charge on any atom is -0.382 e. The number of ether oxygens (including phenoxy) is 2. The van der Waals surface area contributed by atoms with E-state index >= 15 is 0 Å². The van der Waals surface area contributed by atoms with Crippen LogP contribution in [-0.4, -0.2) is 67.5 Å². The van der Waals surface area contributed by atoms with Crippen LogP contribution >= 0.6 is 0 Å². The van der Waals surface area contributed by atoms with Crippen molar-refractivity contribution in [3.8, 4) is 0 Å². The van der Waals surface area contributed by atoms with Crippen LogP contribution in [0.15, 0.2) is 12.4 Å². The maximum Gasteiger partial charge on any atom is 0.220 e. The molecule has 1 aromatic heterocycles. The molecule has 1 aromatic rings. The lowest BCUT2D eigenvalue weighted by Crippen LogP contribution is -2.41. The Morgan fingerprint density at radius 3 is 2.84 bits per heavy atom. The number of fused-ring (bicyclic) bond motifs is 1. The van der Waals surface area contributed by atoms with Crippen LogP contribution in [0.25, 0.3) is 0 Å². The monoisotopic (exact) mass is 444 g/mol. The van der Waals surface area contributed by atoms with Crippen LogP contribution in [0, 0.1) is 11.3 Å². The molecule has 1 saturated carbocycles. The van der Waals surface area contributed by atoms with Crippen molar-refractivity contribution in [2.45, 2.75) is 69.7 Å². The number of amides is 1. The maximum absolute atomic E-state index is 11.7. The van der Waals surface area contributed by atoms with Gasteiger partial charge in [-0.3, -0.25) is 10.2 Å². The van der Waals surface area contributed by atoms with Gasteiger partial charge in [0.15, 0.2) is 0 Å². The molecule has 5 atom stereocenters. The highest BCUT2D eigenvalue weighted by Crippen LogP contribution is 2.41. The van der Waals surface area contributed by atoms with Gasteiger partial charge in [-0.15, -0.1) is 0 Å². The molecule has 1 amide bonds. The van der Waals surface area contributed by atoms with E-state index in [1.807, 2.05) is 0 Å². The summed E-state index contributed by atoms with van der Waals surface area (Å²) in [6.07, 6.45) is 7.96. The van der Waals surface area contributed by atoms with Gasteiger partial charge < -0.3 is 19.7 Å². The first kappa shape index (κ1) is 22.0. The molecule has 5 rings (SSSR count). The van der Waals surface area contributed by atoms with Crippen molar-refractivity contribution >= 4 is 11.7 Å². The third-order valence-electron chi connectivity index (χ3n) is 7.87. The summed E-state index contributed by atoms with van der Waals surface area (Å²) in [4.78, 5) is 23.3. The van der Waals surface area contributed by atoms with Gasteiger partial charge >= 0.3 is 0 Å². The van der Waals surface area contributed by atoms with Crippen LogP contribution < -0.4 is 21.1 Å². The van der Waals surface area contributed by atoms with Gasteiger partial charge in [0.05, 0.1) is 30.6 Å². The number of carbonyl (C=O) groups is 1. The van der Waals surface area contributed by atoms with Crippen molar-refractivity contribution in [2.24, 2.45) is 11.3 Å². The molecule has 3 aliphatic heterocycles. The number of carbonyl (C=O) groups excluding carboxylic acids is 1. The van der Waals surface area contributed by atoms with Crippen LogP contribution in [0.3, 0.4) is 0 Å². The van der Waals surface area contributed by atoms with Crippen LogP contribution in [0.2, 0.25) is 0 Å². The minimum atomic E-state index is 0.112. The number of hydrogen-bond acceptors (Lipinski definition) is 8. The van der Waals surface area contributed by atoms with Gasteiger partial charge in [0, 0.05) is 51.2 Å². The van der Waals surface area contributed by atoms with Crippen molar-refractivity contribution in [2.75, 3.05) is 38.3 Å². The topological polar surface area (TPSA) is 101 Å². The lowest BCUT2D eigenvalue weighted by Gasteiger charge is -2.39. The summed E-state index contributed by atoms with van der Waals surface area (Å²) in [5.74, 6) is 1.62. The van der Waals surface area contributed by atoms with Gasteiger partial charge in [0.2, 0.25) is 5.91 Å². The summed E-state index contributed by atoms with van der Waals surface area (Å²) in [6.45, 7) is 5.39. The normalized spacial score (nSPS) is 32.7. The molecule has 3 saturated heterocycles. The van der Waals surface area contributed by atoms with Gasteiger partial charge in [0.25, 0.3) is 0 Å². The fraction of sp³-hybridized carbons (Fsp3) is 0.783. The molecule has 3 N–H and O–H groups in total. The van der Waals surface area contributed by atoms with E-state index in [1.54, 1.807) is 13.4 Å². The predicted molar refractivity (Wildman–Crippen MR) is 120 cm³/mol. The summed E-state index contributed by atoms with van der Waals surface area (Å²) < 4.78 is 11.5. The fourth-order valence-corrected chi connectivity index (χ4v) is 6.06. The van der Waals surface area contributed by atoms with E-state index in [0.717, 1.165) is 63.3 Å². The zero-order valence-corrected chi connectivity index (χ0v) is 19.2. The van der Waals surface area contributed by atoms with Crippen LogP contribution in [0.4, 0.5) is 5.82 Å². The van der Waals surface area contributed by atoms with Gasteiger partial charge in [0.1, 0.15) is 12.1 Å². The molecule has 4 aliphatic rings. The van der Waals surface area contributed by atoms with E-state index in [0.29, 0.717) is 25.0 Å². The summed E-state index contributed by atoms with van der Waals surface area (Å²) in [7, 11) is 1.72. The first-order valence-electron chi connectivity index (χ1n) is 12.0. The molecule has 0 bridgehead atoms. The molecular formula is C23H36N6O3. The number of hydrazine groups is 1. The van der Waals surface area contributed by atoms with E-state index in [-0.39, 0.29) is 29.6 Å². The molecular weight excluding hydrogens is 408 g/mol. The number of rotatable bonds is 6. The van der Waals surface area contributed by atoms with Crippen molar-refractivity contribution < 1.29 is 14.3 Å². The van der Waals surface area contributed by atoms with Crippen LogP contribution in [0.1, 0.15) is 57.2 Å². The molecule has 0 aromatic carbocycles. The Morgan fingerprint density at radius 2 is 2.09 bits per heavy atom. The number of aromatic nitrogens is 2. The summed E-state index contributed by atoms with van der Waals surface area (Å²) >= 11 is 0. The highest BCUT2D eigenvalue weighted by Gasteiger charge is 2.43. The largest absolute Gasteiger partial charge is 0.382 e. The number of hydrogen-bond donors (Lipinski definition) is 3. The molecule has 0 radical (unpaired) electrons. The highest BCUT2D eigenvalue weighted by molar-refractivity contribution is 5.79. The highest BCUT2D eigenvalue weighted by atomic mass is 16.5. The zero-order chi connectivity index (χ0) is 22.1. The molecule has 1 spiro atoms. The van der Waals surface area contributed by atoms with E-state index in [2.05, 4.69) is 44.0 Å². The van der Waals surface area contributed by atoms with E-state index < -0.39 is 0 Å². The third-order valence-corrected chi connectivity index (χ3v) is 7.87. The quantitative estimate of drug-likeness (QED) is 0.604. The average molecular weight is 445 g/mol. The Balaban J connectivity index is 1.24. The number of nitrogens with one attached hydrogen (secondary N) is 3. The standard InChI is InChI=1S/C23H36N6O3/c1-15(12-31-2)32-16-3-4-18-17(9-16)22(28-27-18)19-10-20(26-14-25-19)29-7-5-23(6-8-29)11-21(30)24-13-23/h10,14-18,22,27-28H,3-9,11-13H2,1-2H3,(H,24,30)/t15-,16?,17?,18?,22?/m0/s1. The Bertz CT molecular complexity index is 815. The van der Waals surface area contributed by atoms with Crippen molar-refractivity contribution in [3.63, 3.8) is 0 Å². The molecule has 32 heavy (non-hydrogen) atoms. The number of nitrogens with zero attached hydrogens (tertiary/aromatic N) is 3. The Hall–Kier alpha value is -1.81. The first-order chi connectivity index (χ1) is 15.5. The second kappa shape index (κ2) is 9.21. The van der Waals surface area contributed by atoms with Gasteiger partial charge in [-0.1, -0.05) is 0 Å². The summed E-state index contributed by atoms with van der Waals surface area (Å²) in [6, 6.07) is 2.74. The van der Waals surface area contributed by atoms with E-state index in [9.17, 15) is 4.79 Å². The lowest BCUT2D eigenvalue weighted by molar-refractivity contribution is -0.119. The second-order valence-electron chi connectivity index (χ2n) is 10.1. The summed E-state index contributed by atoms with van der Waals surface area (Å²) in [5, 5.41) is 3.01. The van der Waals surface area contributed by atoms with E-state index in [1.165, 1.54) is 0 Å². The molecule has 9 heteroatoms. The van der Waals surface area contributed by atoms with Gasteiger partial charge in [-0.2, -0.15) is 0 Å². The first-order valence-corrected chi connectivity index (χ1v) is 12.0. The molecule has 4 unspecified atom stereocenters. The fourth-order valence-electron chi connectivity index (χ4n) is 6.06. The van der Waals surface area contributed by atoms with Crippen LogP contribution in [-0.2, 0) is 14.3 Å². The zero-order valence-electron chi connectivity index (χ0n) is 19.2. The molecule has 9 nitrogen and oxygen atoms in total. The number of methoxy groups -OCH3 is 1. The van der Waals surface area contributed by atoms with Crippen LogP contribution in [0.5, 0.6) is 0 Å². The molecule has 4 heterocycles. The van der Waals surface area contributed by atoms with Crippen molar-refractivity contribution in [1.29, 1.82) is 0 Å². The predicted octanol–water partition coefficient (Wildman–Crippen LogP) is 1.32. The maximum atomic E-state index is 11.7. The Kier molecular flexibility index (Phi) is 6.33. The average Bonchev–Trinajstić information content (AvgIpc) is 3.38. The smallest absolute Gasteiger partial charge is 0.220 e. The Morgan fingerprint density at radius 1 is 1.25 bits per heavy atom. The summed E-state index contributed by atoms with van der Waals surface area (Å²) in [5.41, 5.74) is 8.19. The SMILES string of the molecule is COC[C@H](C)OC1CCC2NNC(c3cc(N4CCC5(CC4)CNC(=O)C5)ncn3)C2C1. The van der Waals surface area contributed by atoms with Gasteiger partial charge in [-0.25, -0.2) is 15.4 Å². The van der Waals surface area contributed by atoms with Crippen molar-refractivity contribution in [1.82, 2.24) is 26.1 Å². The van der Waals surface area contributed by atoms with E-state index in [4.69, 9.17) is 9.47 Å². The second-order valence-corrected chi connectivity index (χ2v) is 10.1. The van der Waals surface area contributed by atoms with Crippen molar-refractivity contribution in [3.05, 3.63) is 18.1 Å². The molecule has 176 valence electrons. The lowest BCUT2D eigenvalue weighted by atomic mass is 9.77. The third kappa shape index (κ3) is 4.48.